The van der Waals surface area contributed by atoms with E-state index in [0.29, 0.717) is 11.0 Å². The molecule has 0 bridgehead atoms. The molecule has 0 saturated carbocycles. The summed E-state index contributed by atoms with van der Waals surface area (Å²) >= 11 is 3.23. The van der Waals surface area contributed by atoms with Crippen LogP contribution in [0.4, 0.5) is 0 Å². The first-order chi connectivity index (χ1) is 8.18. The van der Waals surface area contributed by atoms with Gasteiger partial charge < -0.3 is 5.32 Å². The van der Waals surface area contributed by atoms with Crippen LogP contribution in [0.2, 0.25) is 0 Å². The minimum absolute atomic E-state index is 0.00707. The molecule has 1 saturated heterocycles. The Morgan fingerprint density at radius 1 is 1.41 bits per heavy atom. The summed E-state index contributed by atoms with van der Waals surface area (Å²) in [5, 5.41) is 3.31. The molecule has 94 valence electrons. The maximum absolute atomic E-state index is 11.9. The first kappa shape index (κ1) is 12.7. The number of hydrogen-bond donors (Lipinski definition) is 1. The predicted molar refractivity (Wildman–Crippen MR) is 70.2 cm³/mol. The first-order valence-electron chi connectivity index (χ1n) is 5.83. The van der Waals surface area contributed by atoms with Crippen molar-refractivity contribution in [3.63, 3.8) is 0 Å². The van der Waals surface area contributed by atoms with Crippen molar-refractivity contribution >= 4 is 15.9 Å². The van der Waals surface area contributed by atoms with E-state index in [-0.39, 0.29) is 5.56 Å². The average Bonchev–Trinajstić information content (AvgIpc) is 2.35. The zero-order chi connectivity index (χ0) is 12.3. The molecule has 0 spiro atoms. The minimum Gasteiger partial charge on any atom is -0.314 e. The maximum atomic E-state index is 11.9. The van der Waals surface area contributed by atoms with Crippen LogP contribution >= 0.6 is 15.9 Å². The number of nitrogens with zero attached hydrogens (tertiary/aromatic N) is 3. The molecule has 1 aliphatic heterocycles. The topological polar surface area (TPSA) is 50.2 Å². The van der Waals surface area contributed by atoms with Crippen molar-refractivity contribution in [1.82, 2.24) is 19.8 Å². The Kier molecular flexibility index (Phi) is 4.31. The van der Waals surface area contributed by atoms with Crippen molar-refractivity contribution in [3.05, 3.63) is 26.8 Å². The van der Waals surface area contributed by atoms with Crippen LogP contribution in [0.3, 0.4) is 0 Å². The van der Waals surface area contributed by atoms with Crippen molar-refractivity contribution in [2.24, 2.45) is 0 Å². The number of piperazine rings is 1. The quantitative estimate of drug-likeness (QED) is 0.868. The van der Waals surface area contributed by atoms with Gasteiger partial charge in [-0.1, -0.05) is 0 Å². The van der Waals surface area contributed by atoms with Crippen LogP contribution in [0.1, 0.15) is 5.82 Å². The van der Waals surface area contributed by atoms with Gasteiger partial charge >= 0.3 is 0 Å². The Labute approximate surface area is 109 Å². The van der Waals surface area contributed by atoms with Gasteiger partial charge in [0, 0.05) is 45.5 Å². The van der Waals surface area contributed by atoms with Crippen LogP contribution < -0.4 is 10.9 Å². The molecular weight excluding hydrogens is 284 g/mol. The third-order valence-corrected chi connectivity index (χ3v) is 3.60. The second-order valence-corrected chi connectivity index (χ2v) is 5.06. The van der Waals surface area contributed by atoms with Gasteiger partial charge in [-0.3, -0.25) is 14.3 Å². The molecule has 0 amide bonds. The van der Waals surface area contributed by atoms with Gasteiger partial charge in [-0.15, -0.1) is 0 Å². The number of halogens is 1. The van der Waals surface area contributed by atoms with E-state index in [1.54, 1.807) is 10.8 Å². The largest absolute Gasteiger partial charge is 0.314 e. The van der Waals surface area contributed by atoms with Crippen LogP contribution in [0, 0.1) is 6.92 Å². The summed E-state index contributed by atoms with van der Waals surface area (Å²) in [6, 6.07) is 0. The zero-order valence-electron chi connectivity index (χ0n) is 9.95. The molecule has 0 aliphatic carbocycles. The van der Waals surface area contributed by atoms with Crippen LogP contribution in [-0.4, -0.2) is 47.2 Å². The minimum atomic E-state index is 0.00707. The molecule has 0 aromatic carbocycles. The van der Waals surface area contributed by atoms with Crippen molar-refractivity contribution in [2.45, 2.75) is 13.5 Å². The Bertz CT molecular complexity index is 440. The lowest BCUT2D eigenvalue weighted by atomic mass is 10.3. The van der Waals surface area contributed by atoms with Gasteiger partial charge in [0.2, 0.25) is 0 Å². The van der Waals surface area contributed by atoms with E-state index in [1.165, 1.54) is 0 Å². The molecule has 6 heteroatoms. The highest BCUT2D eigenvalue weighted by molar-refractivity contribution is 9.10. The molecule has 2 rings (SSSR count). The molecule has 17 heavy (non-hydrogen) atoms. The Hall–Kier alpha value is -0.720. The van der Waals surface area contributed by atoms with Crippen LogP contribution in [0.5, 0.6) is 0 Å². The number of aromatic nitrogens is 2. The smallest absolute Gasteiger partial charge is 0.267 e. The molecule has 1 aromatic rings. The number of hydrogen-bond acceptors (Lipinski definition) is 4. The van der Waals surface area contributed by atoms with Crippen molar-refractivity contribution in [1.29, 1.82) is 0 Å². The van der Waals surface area contributed by atoms with E-state index in [4.69, 9.17) is 0 Å². The summed E-state index contributed by atoms with van der Waals surface area (Å²) in [6.45, 7) is 7.64. The molecule has 1 fully saturated rings. The highest BCUT2D eigenvalue weighted by Crippen LogP contribution is 2.02. The molecule has 0 radical (unpaired) electrons. The summed E-state index contributed by atoms with van der Waals surface area (Å²) in [4.78, 5) is 18.5. The fraction of sp³-hybridized carbons (Fsp3) is 0.636. The molecule has 0 unspecified atom stereocenters. The highest BCUT2D eigenvalue weighted by Gasteiger charge is 2.11. The van der Waals surface area contributed by atoms with Crippen molar-refractivity contribution in [2.75, 3.05) is 32.7 Å². The highest BCUT2D eigenvalue weighted by atomic mass is 79.9. The van der Waals surface area contributed by atoms with Gasteiger partial charge in [-0.2, -0.15) is 0 Å². The van der Waals surface area contributed by atoms with Gasteiger partial charge in [-0.05, 0) is 22.9 Å². The van der Waals surface area contributed by atoms with Gasteiger partial charge in [0.05, 0.1) is 0 Å². The van der Waals surface area contributed by atoms with Gasteiger partial charge in [0.1, 0.15) is 10.3 Å². The fourth-order valence-electron chi connectivity index (χ4n) is 1.99. The van der Waals surface area contributed by atoms with Crippen LogP contribution in [0.15, 0.2) is 15.5 Å². The third-order valence-electron chi connectivity index (χ3n) is 3.05. The molecule has 1 N–H and O–H groups in total. The lowest BCUT2D eigenvalue weighted by molar-refractivity contribution is 0.230. The molecule has 0 atom stereocenters. The summed E-state index contributed by atoms with van der Waals surface area (Å²) < 4.78 is 2.26. The maximum Gasteiger partial charge on any atom is 0.267 e. The molecule has 5 nitrogen and oxygen atoms in total. The van der Waals surface area contributed by atoms with Crippen molar-refractivity contribution < 1.29 is 0 Å². The summed E-state index contributed by atoms with van der Waals surface area (Å²) in [6.07, 6.45) is 1.57. The fourth-order valence-corrected chi connectivity index (χ4v) is 2.31. The molecular formula is C11H17BrN4O. The molecule has 1 aromatic heterocycles. The van der Waals surface area contributed by atoms with Crippen LogP contribution in [0.25, 0.3) is 0 Å². The second kappa shape index (κ2) is 5.75. The monoisotopic (exact) mass is 300 g/mol. The summed E-state index contributed by atoms with van der Waals surface area (Å²) in [5.41, 5.74) is 0.00707. The standard InChI is InChI=1S/C11H17BrN4O/c1-9-14-8-10(12)11(17)16(9)7-6-15-4-2-13-3-5-15/h8,13H,2-7H2,1H3. The second-order valence-electron chi connectivity index (χ2n) is 4.20. The zero-order valence-corrected chi connectivity index (χ0v) is 11.5. The molecule has 2 heterocycles. The lowest BCUT2D eigenvalue weighted by Gasteiger charge is -2.27. The van der Waals surface area contributed by atoms with E-state index < -0.39 is 0 Å². The van der Waals surface area contributed by atoms with E-state index in [2.05, 4.69) is 31.1 Å². The summed E-state index contributed by atoms with van der Waals surface area (Å²) in [5.74, 6) is 0.772. The van der Waals surface area contributed by atoms with Crippen LogP contribution in [-0.2, 0) is 6.54 Å². The molecule has 1 aliphatic rings. The van der Waals surface area contributed by atoms with E-state index >= 15 is 0 Å². The number of nitrogens with one attached hydrogen (secondary N) is 1. The lowest BCUT2D eigenvalue weighted by Crippen LogP contribution is -2.45. The number of rotatable bonds is 3. The Morgan fingerprint density at radius 2 is 2.12 bits per heavy atom. The van der Waals surface area contributed by atoms with E-state index in [0.717, 1.165) is 38.5 Å². The normalized spacial score (nSPS) is 17.3. The van der Waals surface area contributed by atoms with Gasteiger partial charge in [-0.25, -0.2) is 4.98 Å². The van der Waals surface area contributed by atoms with Gasteiger partial charge in [0.25, 0.3) is 5.56 Å². The average molecular weight is 301 g/mol. The predicted octanol–water partition coefficient (Wildman–Crippen LogP) is 0.219. The van der Waals surface area contributed by atoms with Gasteiger partial charge in [0.15, 0.2) is 0 Å². The third kappa shape index (κ3) is 3.14. The van der Waals surface area contributed by atoms with E-state index in [1.807, 2.05) is 6.92 Å². The SMILES string of the molecule is Cc1ncc(Br)c(=O)n1CCN1CCNCC1. The number of aryl methyl sites for hydroxylation is 1. The van der Waals surface area contributed by atoms with E-state index in [9.17, 15) is 4.79 Å². The Morgan fingerprint density at radius 3 is 2.82 bits per heavy atom. The van der Waals surface area contributed by atoms with Crippen molar-refractivity contribution in [3.8, 4) is 0 Å². The summed E-state index contributed by atoms with van der Waals surface area (Å²) in [7, 11) is 0. The first-order valence-corrected chi connectivity index (χ1v) is 6.63. The Balaban J connectivity index is 2.03.